The molecule has 1 fully saturated rings. The Morgan fingerprint density at radius 1 is 1.21 bits per heavy atom. The van der Waals surface area contributed by atoms with E-state index in [9.17, 15) is 18.0 Å². The Balaban J connectivity index is 1.52. The molecule has 1 aliphatic heterocycles. The summed E-state index contributed by atoms with van der Waals surface area (Å²) in [4.78, 5) is 19.5. The number of benzene rings is 1. The SMILES string of the molecule is O=C(CC(c1cccc(C(F)(F)F)c1)c1cnc2ccc(Cl)cn12)NCCCN1CCOCC1. The number of carbonyl (C=O) groups excluding carboxylic acids is 1. The number of alkyl halides is 3. The lowest BCUT2D eigenvalue weighted by Gasteiger charge is -2.26. The van der Waals surface area contributed by atoms with Gasteiger partial charge in [-0.1, -0.05) is 29.8 Å². The first-order valence-corrected chi connectivity index (χ1v) is 11.6. The van der Waals surface area contributed by atoms with Crippen molar-refractivity contribution in [2.45, 2.75) is 24.9 Å². The standard InChI is InChI=1S/C24H26ClF3N4O2/c25-19-5-6-22-30-15-21(32(22)16-19)20(17-3-1-4-18(13-17)24(26,27)28)14-23(33)29-7-2-8-31-9-11-34-12-10-31/h1,3-6,13,15-16,20H,2,7-12,14H2,(H,29,33). The van der Waals surface area contributed by atoms with Crippen molar-refractivity contribution in [2.75, 3.05) is 39.4 Å². The van der Waals surface area contributed by atoms with Crippen LogP contribution in [0.4, 0.5) is 13.2 Å². The Hall–Kier alpha value is -2.62. The number of imidazole rings is 1. The second-order valence-corrected chi connectivity index (χ2v) is 8.73. The summed E-state index contributed by atoms with van der Waals surface area (Å²) in [5, 5.41) is 3.37. The van der Waals surface area contributed by atoms with E-state index < -0.39 is 17.7 Å². The van der Waals surface area contributed by atoms with E-state index in [1.165, 1.54) is 6.07 Å². The van der Waals surface area contributed by atoms with E-state index in [0.29, 0.717) is 41.7 Å². The summed E-state index contributed by atoms with van der Waals surface area (Å²) in [6.07, 6.45) is -0.474. The van der Waals surface area contributed by atoms with Gasteiger partial charge in [-0.15, -0.1) is 0 Å². The van der Waals surface area contributed by atoms with Gasteiger partial charge in [0.25, 0.3) is 0 Å². The van der Waals surface area contributed by atoms with Crippen LogP contribution in [0.2, 0.25) is 5.02 Å². The van der Waals surface area contributed by atoms with Gasteiger partial charge in [0.1, 0.15) is 5.65 Å². The lowest BCUT2D eigenvalue weighted by molar-refractivity contribution is -0.137. The van der Waals surface area contributed by atoms with Crippen LogP contribution in [0, 0.1) is 0 Å². The van der Waals surface area contributed by atoms with E-state index in [1.807, 2.05) is 0 Å². The van der Waals surface area contributed by atoms with Gasteiger partial charge in [-0.2, -0.15) is 13.2 Å². The van der Waals surface area contributed by atoms with Crippen LogP contribution in [0.5, 0.6) is 0 Å². The second kappa shape index (κ2) is 10.8. The third kappa shape index (κ3) is 6.08. The zero-order valence-electron chi connectivity index (χ0n) is 18.5. The molecule has 0 aliphatic carbocycles. The van der Waals surface area contributed by atoms with Crippen molar-refractivity contribution < 1.29 is 22.7 Å². The average molecular weight is 495 g/mol. The fraction of sp³-hybridized carbons (Fsp3) is 0.417. The van der Waals surface area contributed by atoms with Crippen molar-refractivity contribution in [3.05, 3.63) is 70.6 Å². The number of hydrogen-bond acceptors (Lipinski definition) is 4. The van der Waals surface area contributed by atoms with Gasteiger partial charge < -0.3 is 14.5 Å². The van der Waals surface area contributed by atoms with Gasteiger partial charge in [0, 0.05) is 44.4 Å². The van der Waals surface area contributed by atoms with Gasteiger partial charge in [-0.25, -0.2) is 4.98 Å². The normalized spacial score (nSPS) is 16.0. The molecule has 0 spiro atoms. The van der Waals surface area contributed by atoms with Gasteiger partial charge in [-0.05, 0) is 36.7 Å². The highest BCUT2D eigenvalue weighted by Crippen LogP contribution is 2.34. The number of pyridine rings is 1. The van der Waals surface area contributed by atoms with Crippen molar-refractivity contribution in [1.82, 2.24) is 19.6 Å². The molecule has 6 nitrogen and oxygen atoms in total. The molecule has 1 aliphatic rings. The van der Waals surface area contributed by atoms with Crippen LogP contribution in [0.25, 0.3) is 5.65 Å². The molecule has 10 heteroatoms. The van der Waals surface area contributed by atoms with Crippen LogP contribution in [-0.2, 0) is 15.7 Å². The number of hydrogen-bond donors (Lipinski definition) is 1. The maximum Gasteiger partial charge on any atom is 0.416 e. The van der Waals surface area contributed by atoms with Gasteiger partial charge in [0.2, 0.25) is 5.91 Å². The van der Waals surface area contributed by atoms with Gasteiger partial charge >= 0.3 is 6.18 Å². The number of ether oxygens (including phenoxy) is 1. The van der Waals surface area contributed by atoms with Crippen molar-refractivity contribution >= 4 is 23.2 Å². The zero-order chi connectivity index (χ0) is 24.1. The Morgan fingerprint density at radius 3 is 2.76 bits per heavy atom. The van der Waals surface area contributed by atoms with E-state index in [2.05, 4.69) is 15.2 Å². The summed E-state index contributed by atoms with van der Waals surface area (Å²) in [5.41, 5.74) is 0.829. The molecule has 34 heavy (non-hydrogen) atoms. The van der Waals surface area contributed by atoms with Crippen molar-refractivity contribution in [2.24, 2.45) is 0 Å². The summed E-state index contributed by atoms with van der Waals surface area (Å²) in [7, 11) is 0. The van der Waals surface area contributed by atoms with Crippen LogP contribution in [-0.4, -0.2) is 59.6 Å². The molecule has 1 amide bonds. The molecule has 0 saturated carbocycles. The maximum absolute atomic E-state index is 13.4. The number of fused-ring (bicyclic) bond motifs is 1. The molecule has 0 bridgehead atoms. The molecule has 0 radical (unpaired) electrons. The molecule has 182 valence electrons. The van der Waals surface area contributed by atoms with E-state index >= 15 is 0 Å². The third-order valence-corrected chi connectivity index (χ3v) is 6.16. The summed E-state index contributed by atoms with van der Waals surface area (Å²) in [5.74, 6) is -0.864. The molecule has 3 heterocycles. The minimum absolute atomic E-state index is 0.0147. The number of amides is 1. The Morgan fingerprint density at radius 2 is 2.00 bits per heavy atom. The maximum atomic E-state index is 13.4. The molecule has 3 aromatic rings. The minimum atomic E-state index is -4.48. The van der Waals surface area contributed by atoms with Crippen molar-refractivity contribution in [1.29, 1.82) is 0 Å². The molecule has 1 saturated heterocycles. The molecular weight excluding hydrogens is 469 g/mol. The summed E-state index contributed by atoms with van der Waals surface area (Å²) in [6, 6.07) is 8.50. The molecule has 1 N–H and O–H groups in total. The number of halogens is 4. The van der Waals surface area contributed by atoms with Gasteiger partial charge in [-0.3, -0.25) is 9.69 Å². The van der Waals surface area contributed by atoms with Crippen LogP contribution >= 0.6 is 11.6 Å². The molecule has 4 rings (SSSR count). The number of carbonyl (C=O) groups is 1. The Labute approximate surface area is 200 Å². The monoisotopic (exact) mass is 494 g/mol. The summed E-state index contributed by atoms with van der Waals surface area (Å²) >= 11 is 6.15. The third-order valence-electron chi connectivity index (χ3n) is 5.94. The lowest BCUT2D eigenvalue weighted by Crippen LogP contribution is -2.38. The number of nitrogens with zero attached hydrogens (tertiary/aromatic N) is 3. The highest BCUT2D eigenvalue weighted by atomic mass is 35.5. The quantitative estimate of drug-likeness (QED) is 0.473. The number of aromatic nitrogens is 2. The molecule has 1 atom stereocenters. The highest BCUT2D eigenvalue weighted by Gasteiger charge is 2.32. The van der Waals surface area contributed by atoms with Gasteiger partial charge in [0.15, 0.2) is 0 Å². The van der Waals surface area contributed by atoms with E-state index in [1.54, 1.807) is 35.0 Å². The summed E-state index contributed by atoms with van der Waals surface area (Å²) in [6.45, 7) is 4.53. The van der Waals surface area contributed by atoms with Crippen LogP contribution in [0.1, 0.15) is 35.6 Å². The predicted octanol–water partition coefficient (Wildman–Crippen LogP) is 4.37. The number of rotatable bonds is 8. The van der Waals surface area contributed by atoms with Crippen LogP contribution in [0.3, 0.4) is 0 Å². The van der Waals surface area contributed by atoms with Crippen LogP contribution in [0.15, 0.2) is 48.8 Å². The largest absolute Gasteiger partial charge is 0.416 e. The zero-order valence-corrected chi connectivity index (χ0v) is 19.3. The highest BCUT2D eigenvalue weighted by molar-refractivity contribution is 6.30. The Kier molecular flexibility index (Phi) is 7.75. The van der Waals surface area contributed by atoms with E-state index in [4.69, 9.17) is 16.3 Å². The molecular formula is C24H26ClF3N4O2. The van der Waals surface area contributed by atoms with E-state index in [0.717, 1.165) is 38.2 Å². The smallest absolute Gasteiger partial charge is 0.379 e. The van der Waals surface area contributed by atoms with Crippen molar-refractivity contribution in [3.8, 4) is 0 Å². The van der Waals surface area contributed by atoms with Crippen molar-refractivity contribution in [3.63, 3.8) is 0 Å². The molecule has 1 aromatic carbocycles. The fourth-order valence-electron chi connectivity index (χ4n) is 4.17. The first kappa shape index (κ1) is 24.5. The van der Waals surface area contributed by atoms with Gasteiger partial charge in [0.05, 0.1) is 29.5 Å². The van der Waals surface area contributed by atoms with Crippen LogP contribution < -0.4 is 5.32 Å². The topological polar surface area (TPSA) is 58.9 Å². The summed E-state index contributed by atoms with van der Waals surface area (Å²) < 4.78 is 47.2. The number of morpholine rings is 1. The average Bonchev–Trinajstić information content (AvgIpc) is 3.23. The molecule has 1 unspecified atom stereocenters. The number of nitrogens with one attached hydrogen (secondary N) is 1. The first-order valence-electron chi connectivity index (χ1n) is 11.2. The fourth-order valence-corrected chi connectivity index (χ4v) is 4.33. The minimum Gasteiger partial charge on any atom is -0.379 e. The lowest BCUT2D eigenvalue weighted by atomic mass is 9.91. The Bertz CT molecular complexity index is 1130. The first-order chi connectivity index (χ1) is 16.3. The second-order valence-electron chi connectivity index (χ2n) is 8.30. The predicted molar refractivity (Wildman–Crippen MR) is 123 cm³/mol. The molecule has 2 aromatic heterocycles. The van der Waals surface area contributed by atoms with E-state index in [-0.39, 0.29) is 12.3 Å².